The number of nitrogens with zero attached hydrogens (tertiary/aromatic N) is 1. The Labute approximate surface area is 179 Å². The van der Waals surface area contributed by atoms with Gasteiger partial charge in [-0.25, -0.2) is 18.0 Å². The van der Waals surface area contributed by atoms with E-state index in [9.17, 15) is 22.8 Å². The molecule has 0 unspecified atom stereocenters. The number of rotatable bonds is 8. The highest BCUT2D eigenvalue weighted by Crippen LogP contribution is 2.25. The Kier molecular flexibility index (Phi) is 9.03. The van der Waals surface area contributed by atoms with Gasteiger partial charge in [-0.3, -0.25) is 10.1 Å². The molecule has 2 N–H and O–H groups in total. The molecule has 0 aromatic heterocycles. The second-order valence-electron chi connectivity index (χ2n) is 6.48. The highest BCUT2D eigenvalue weighted by Gasteiger charge is 2.27. The standard InChI is InChI=1S/C18H24ClN3O7S/c1-28-10-7-20-18(25)21-16(23)12-29-17(24)14-11-13(5-6-15(14)19)30(26,27)22-8-3-2-4-9-22/h5-6,11H,2-4,7-10,12H2,1H3,(H2,20,21,23,25). The highest BCUT2D eigenvalue weighted by atomic mass is 35.5. The Morgan fingerprint density at radius 1 is 1.17 bits per heavy atom. The largest absolute Gasteiger partial charge is 0.452 e. The molecule has 30 heavy (non-hydrogen) atoms. The van der Waals surface area contributed by atoms with Crippen LogP contribution in [-0.2, 0) is 24.3 Å². The van der Waals surface area contributed by atoms with Crippen LogP contribution in [0.4, 0.5) is 4.79 Å². The second-order valence-corrected chi connectivity index (χ2v) is 8.82. The van der Waals surface area contributed by atoms with Gasteiger partial charge in [-0.1, -0.05) is 18.0 Å². The predicted molar refractivity (Wildman–Crippen MR) is 108 cm³/mol. The van der Waals surface area contributed by atoms with E-state index in [1.807, 2.05) is 5.32 Å². The second kappa shape index (κ2) is 11.3. The lowest BCUT2D eigenvalue weighted by Gasteiger charge is -2.26. The first kappa shape index (κ1) is 24.1. The van der Waals surface area contributed by atoms with Gasteiger partial charge in [0.2, 0.25) is 10.0 Å². The average Bonchev–Trinajstić information content (AvgIpc) is 2.73. The Hall–Kier alpha value is -2.21. The molecule has 3 amide bonds. The molecule has 1 saturated heterocycles. The molecule has 1 aromatic rings. The molecule has 1 aromatic carbocycles. The van der Waals surface area contributed by atoms with Crippen molar-refractivity contribution in [1.29, 1.82) is 0 Å². The fourth-order valence-corrected chi connectivity index (χ4v) is 4.50. The van der Waals surface area contributed by atoms with Gasteiger partial charge in [-0.05, 0) is 31.0 Å². The van der Waals surface area contributed by atoms with Crippen LogP contribution in [0.1, 0.15) is 29.6 Å². The lowest BCUT2D eigenvalue weighted by molar-refractivity contribution is -0.123. The maximum Gasteiger partial charge on any atom is 0.340 e. The number of carbonyl (C=O) groups excluding carboxylic acids is 3. The van der Waals surface area contributed by atoms with Crippen LogP contribution < -0.4 is 10.6 Å². The third-order valence-electron chi connectivity index (χ3n) is 4.29. The maximum atomic E-state index is 12.8. The summed E-state index contributed by atoms with van der Waals surface area (Å²) in [7, 11) is -2.31. The molecule has 0 radical (unpaired) electrons. The van der Waals surface area contributed by atoms with Crippen molar-refractivity contribution in [3.05, 3.63) is 28.8 Å². The van der Waals surface area contributed by atoms with Gasteiger partial charge in [-0.15, -0.1) is 0 Å². The molecule has 10 nitrogen and oxygen atoms in total. The number of amides is 3. The van der Waals surface area contributed by atoms with Crippen molar-refractivity contribution in [3.63, 3.8) is 0 Å². The number of carbonyl (C=O) groups is 3. The summed E-state index contributed by atoms with van der Waals surface area (Å²) >= 11 is 6.01. The van der Waals surface area contributed by atoms with Crippen LogP contribution in [0.2, 0.25) is 5.02 Å². The quantitative estimate of drug-likeness (QED) is 0.438. The Balaban J connectivity index is 1.99. The summed E-state index contributed by atoms with van der Waals surface area (Å²) in [4.78, 5) is 35.4. The zero-order valence-electron chi connectivity index (χ0n) is 16.5. The first-order valence-corrected chi connectivity index (χ1v) is 11.1. The van der Waals surface area contributed by atoms with Gasteiger partial charge in [0, 0.05) is 26.7 Å². The van der Waals surface area contributed by atoms with E-state index in [0.29, 0.717) is 13.1 Å². The van der Waals surface area contributed by atoms with Gasteiger partial charge in [0.1, 0.15) is 0 Å². The molecule has 0 atom stereocenters. The number of sulfonamides is 1. The fraction of sp³-hybridized carbons (Fsp3) is 0.500. The number of hydrogen-bond acceptors (Lipinski definition) is 7. The average molecular weight is 462 g/mol. The summed E-state index contributed by atoms with van der Waals surface area (Å²) < 4.78 is 36.5. The van der Waals surface area contributed by atoms with Crippen LogP contribution in [0.15, 0.2) is 23.1 Å². The molecule has 1 aliphatic heterocycles. The summed E-state index contributed by atoms with van der Waals surface area (Å²) in [5, 5.41) is 4.33. The molecule has 2 rings (SSSR count). The van der Waals surface area contributed by atoms with Crippen molar-refractivity contribution < 1.29 is 32.3 Å². The number of piperidine rings is 1. The summed E-state index contributed by atoms with van der Waals surface area (Å²) in [6.45, 7) is 0.555. The molecule has 0 spiro atoms. The summed E-state index contributed by atoms with van der Waals surface area (Å²) in [6.07, 6.45) is 2.52. The third-order valence-corrected chi connectivity index (χ3v) is 6.51. The van der Waals surface area contributed by atoms with E-state index < -0.39 is 34.5 Å². The Morgan fingerprint density at radius 2 is 1.87 bits per heavy atom. The lowest BCUT2D eigenvalue weighted by atomic mass is 10.2. The minimum Gasteiger partial charge on any atom is -0.452 e. The number of ether oxygens (including phenoxy) is 2. The molecular formula is C18H24ClN3O7S. The highest BCUT2D eigenvalue weighted by molar-refractivity contribution is 7.89. The number of halogens is 1. The Morgan fingerprint density at radius 3 is 2.53 bits per heavy atom. The zero-order chi connectivity index (χ0) is 22.1. The van der Waals surface area contributed by atoms with Crippen LogP contribution in [0.3, 0.4) is 0 Å². The van der Waals surface area contributed by atoms with Crippen LogP contribution in [0.25, 0.3) is 0 Å². The molecule has 1 fully saturated rings. The molecule has 1 aliphatic rings. The van der Waals surface area contributed by atoms with Crippen LogP contribution in [0.5, 0.6) is 0 Å². The monoisotopic (exact) mass is 461 g/mol. The topological polar surface area (TPSA) is 131 Å². The molecular weight excluding hydrogens is 438 g/mol. The van der Waals surface area contributed by atoms with Gasteiger partial charge >= 0.3 is 12.0 Å². The number of benzene rings is 1. The van der Waals surface area contributed by atoms with Crippen LogP contribution in [-0.4, -0.2) is 70.6 Å². The van der Waals surface area contributed by atoms with E-state index in [1.165, 1.54) is 23.5 Å². The molecule has 1 heterocycles. The zero-order valence-corrected chi connectivity index (χ0v) is 18.1. The van der Waals surface area contributed by atoms with Crippen LogP contribution >= 0.6 is 11.6 Å². The molecule has 0 bridgehead atoms. The first-order valence-electron chi connectivity index (χ1n) is 9.29. The fourth-order valence-electron chi connectivity index (χ4n) is 2.76. The van der Waals surface area contributed by atoms with E-state index in [4.69, 9.17) is 21.1 Å². The van der Waals surface area contributed by atoms with E-state index in [0.717, 1.165) is 25.3 Å². The number of imide groups is 1. The number of nitrogens with one attached hydrogen (secondary N) is 2. The van der Waals surface area contributed by atoms with Crippen molar-refractivity contribution in [1.82, 2.24) is 14.9 Å². The van der Waals surface area contributed by atoms with E-state index in [1.54, 1.807) is 0 Å². The van der Waals surface area contributed by atoms with Crippen molar-refractivity contribution in [3.8, 4) is 0 Å². The third kappa shape index (κ3) is 6.66. The molecule has 0 saturated carbocycles. The number of esters is 1. The van der Waals surface area contributed by atoms with Gasteiger partial charge in [0.05, 0.1) is 22.1 Å². The predicted octanol–water partition coefficient (Wildman–Crippen LogP) is 1.14. The van der Waals surface area contributed by atoms with Gasteiger partial charge in [0.25, 0.3) is 5.91 Å². The number of urea groups is 1. The smallest absolute Gasteiger partial charge is 0.340 e. The van der Waals surface area contributed by atoms with Crippen molar-refractivity contribution >= 4 is 39.5 Å². The van der Waals surface area contributed by atoms with Gasteiger partial charge < -0.3 is 14.8 Å². The first-order chi connectivity index (χ1) is 14.3. The normalized spacial score (nSPS) is 14.7. The summed E-state index contributed by atoms with van der Waals surface area (Å²) in [5.41, 5.74) is -0.188. The van der Waals surface area contributed by atoms with Crippen molar-refractivity contribution in [2.24, 2.45) is 0 Å². The van der Waals surface area contributed by atoms with Gasteiger partial charge in [-0.2, -0.15) is 4.31 Å². The molecule has 12 heteroatoms. The van der Waals surface area contributed by atoms with Crippen LogP contribution in [0, 0.1) is 0 Å². The number of hydrogen-bond donors (Lipinski definition) is 2. The maximum absolute atomic E-state index is 12.8. The lowest BCUT2D eigenvalue weighted by Crippen LogP contribution is -2.42. The van der Waals surface area contributed by atoms with Crippen molar-refractivity contribution in [2.75, 3.05) is 40.0 Å². The van der Waals surface area contributed by atoms with Crippen molar-refractivity contribution in [2.45, 2.75) is 24.2 Å². The minimum absolute atomic E-state index is 0.0182. The minimum atomic E-state index is -3.77. The van der Waals surface area contributed by atoms with Gasteiger partial charge in [0.15, 0.2) is 6.61 Å². The molecule has 0 aliphatic carbocycles. The summed E-state index contributed by atoms with van der Waals surface area (Å²) in [6, 6.07) is 2.98. The molecule has 166 valence electrons. The SMILES string of the molecule is COCCNC(=O)NC(=O)COC(=O)c1cc(S(=O)(=O)N2CCCCC2)ccc1Cl. The number of methoxy groups -OCH3 is 1. The Bertz CT molecular complexity index is 886. The van der Waals surface area contributed by atoms with E-state index >= 15 is 0 Å². The van der Waals surface area contributed by atoms with E-state index in [-0.39, 0.29) is 28.6 Å². The summed E-state index contributed by atoms with van der Waals surface area (Å²) in [5.74, 6) is -1.84. The van der Waals surface area contributed by atoms with E-state index in [2.05, 4.69) is 5.32 Å².